The molecule has 184 valence electrons. The highest BCUT2D eigenvalue weighted by atomic mass is 35.5. The molecule has 1 amide bonds. The van der Waals surface area contributed by atoms with Gasteiger partial charge in [-0.2, -0.15) is 9.97 Å². The second kappa shape index (κ2) is 11.2. The SMILES string of the molecule is Cl.Cl.NC(=O)c1ccc(Nc2nc(N[C@H]3CC[C@H](N)CC3)nc3c2ncn3C2CCCC2)cc1. The van der Waals surface area contributed by atoms with Gasteiger partial charge in [0.2, 0.25) is 11.9 Å². The minimum Gasteiger partial charge on any atom is -0.366 e. The van der Waals surface area contributed by atoms with Crippen molar-refractivity contribution in [1.29, 1.82) is 0 Å². The molecule has 2 aliphatic rings. The summed E-state index contributed by atoms with van der Waals surface area (Å²) in [6, 6.07) is 8.07. The van der Waals surface area contributed by atoms with Crippen LogP contribution in [0.15, 0.2) is 30.6 Å². The number of hydrogen-bond acceptors (Lipinski definition) is 7. The number of rotatable bonds is 6. The molecule has 2 heterocycles. The molecule has 3 aromatic rings. The number of halogens is 2. The van der Waals surface area contributed by atoms with E-state index in [1.807, 2.05) is 18.5 Å². The minimum absolute atomic E-state index is 0. The minimum atomic E-state index is -0.449. The van der Waals surface area contributed by atoms with E-state index in [1.165, 1.54) is 12.8 Å². The molecule has 0 aliphatic heterocycles. The second-order valence-corrected chi connectivity index (χ2v) is 8.98. The van der Waals surface area contributed by atoms with Gasteiger partial charge in [0.15, 0.2) is 17.0 Å². The van der Waals surface area contributed by atoms with E-state index in [9.17, 15) is 4.79 Å². The Balaban J connectivity index is 0.00000162. The number of carbonyl (C=O) groups excluding carboxylic acids is 1. The van der Waals surface area contributed by atoms with Gasteiger partial charge in [-0.1, -0.05) is 12.8 Å². The molecule has 2 aromatic heterocycles. The molecule has 0 bridgehead atoms. The van der Waals surface area contributed by atoms with E-state index in [0.29, 0.717) is 35.5 Å². The first-order chi connectivity index (χ1) is 15.6. The number of hydrogen-bond donors (Lipinski definition) is 4. The Hall–Kier alpha value is -2.62. The lowest BCUT2D eigenvalue weighted by Gasteiger charge is -2.27. The summed E-state index contributed by atoms with van der Waals surface area (Å²) in [6.45, 7) is 0. The van der Waals surface area contributed by atoms with Crippen LogP contribution in [-0.2, 0) is 0 Å². The largest absolute Gasteiger partial charge is 0.366 e. The van der Waals surface area contributed by atoms with Gasteiger partial charge in [-0.15, -0.1) is 24.8 Å². The van der Waals surface area contributed by atoms with E-state index in [2.05, 4.69) is 20.2 Å². The van der Waals surface area contributed by atoms with E-state index in [-0.39, 0.29) is 24.8 Å². The maximum atomic E-state index is 11.4. The average molecular weight is 507 g/mol. The highest BCUT2D eigenvalue weighted by Gasteiger charge is 2.24. The van der Waals surface area contributed by atoms with Gasteiger partial charge < -0.3 is 26.7 Å². The fourth-order valence-corrected chi connectivity index (χ4v) is 4.82. The lowest BCUT2D eigenvalue weighted by Crippen LogP contribution is -2.33. The van der Waals surface area contributed by atoms with Gasteiger partial charge in [-0.25, -0.2) is 4.98 Å². The van der Waals surface area contributed by atoms with Crippen LogP contribution in [-0.4, -0.2) is 37.5 Å². The average Bonchev–Trinajstić information content (AvgIpc) is 3.46. The van der Waals surface area contributed by atoms with Crippen LogP contribution >= 0.6 is 24.8 Å². The molecule has 34 heavy (non-hydrogen) atoms. The zero-order valence-electron chi connectivity index (χ0n) is 18.9. The number of nitrogens with zero attached hydrogens (tertiary/aromatic N) is 4. The van der Waals surface area contributed by atoms with E-state index >= 15 is 0 Å². The van der Waals surface area contributed by atoms with Gasteiger partial charge in [-0.3, -0.25) is 4.79 Å². The van der Waals surface area contributed by atoms with Crippen molar-refractivity contribution >= 4 is 59.3 Å². The van der Waals surface area contributed by atoms with Crippen molar-refractivity contribution in [2.24, 2.45) is 11.5 Å². The van der Waals surface area contributed by atoms with Gasteiger partial charge in [-0.05, 0) is 62.8 Å². The number of amides is 1. The van der Waals surface area contributed by atoms with Gasteiger partial charge in [0.1, 0.15) is 0 Å². The van der Waals surface area contributed by atoms with Crippen LogP contribution in [0.4, 0.5) is 17.5 Å². The number of aromatic nitrogens is 4. The van der Waals surface area contributed by atoms with Gasteiger partial charge in [0.25, 0.3) is 0 Å². The first kappa shape index (κ1) is 26.0. The molecule has 0 saturated heterocycles. The highest BCUT2D eigenvalue weighted by Crippen LogP contribution is 2.34. The molecule has 11 heteroatoms. The van der Waals surface area contributed by atoms with E-state index in [1.54, 1.807) is 12.1 Å². The molecular weight excluding hydrogens is 475 g/mol. The fourth-order valence-electron chi connectivity index (χ4n) is 4.82. The summed E-state index contributed by atoms with van der Waals surface area (Å²) >= 11 is 0. The van der Waals surface area contributed by atoms with Crippen molar-refractivity contribution in [2.75, 3.05) is 10.6 Å². The quantitative estimate of drug-likeness (QED) is 0.390. The second-order valence-electron chi connectivity index (χ2n) is 8.98. The maximum absolute atomic E-state index is 11.4. The van der Waals surface area contributed by atoms with Crippen molar-refractivity contribution in [3.05, 3.63) is 36.2 Å². The van der Waals surface area contributed by atoms with E-state index in [4.69, 9.17) is 21.4 Å². The van der Waals surface area contributed by atoms with Crippen LogP contribution in [0.2, 0.25) is 0 Å². The number of nitrogens with one attached hydrogen (secondary N) is 2. The number of anilines is 3. The molecular formula is C23H32Cl2N8O. The first-order valence-electron chi connectivity index (χ1n) is 11.5. The molecule has 9 nitrogen and oxygen atoms in total. The van der Waals surface area contributed by atoms with Crippen molar-refractivity contribution in [3.63, 3.8) is 0 Å². The first-order valence-corrected chi connectivity index (χ1v) is 11.5. The van der Waals surface area contributed by atoms with Crippen LogP contribution in [0.25, 0.3) is 11.2 Å². The third-order valence-corrected chi connectivity index (χ3v) is 6.68. The monoisotopic (exact) mass is 506 g/mol. The number of nitrogens with two attached hydrogens (primary N) is 2. The third kappa shape index (κ3) is 5.54. The predicted octanol–water partition coefficient (Wildman–Crippen LogP) is 4.31. The van der Waals surface area contributed by atoms with Crippen LogP contribution in [0.3, 0.4) is 0 Å². The Morgan fingerprint density at radius 2 is 1.65 bits per heavy atom. The maximum Gasteiger partial charge on any atom is 0.248 e. The van der Waals surface area contributed by atoms with Crippen LogP contribution < -0.4 is 22.1 Å². The summed E-state index contributed by atoms with van der Waals surface area (Å²) in [5.41, 5.74) is 14.3. The normalized spacial score (nSPS) is 20.4. The summed E-state index contributed by atoms with van der Waals surface area (Å²) in [6.07, 6.45) is 10.7. The Morgan fingerprint density at radius 1 is 0.971 bits per heavy atom. The number of fused-ring (bicyclic) bond motifs is 1. The highest BCUT2D eigenvalue weighted by molar-refractivity contribution is 5.93. The molecule has 0 spiro atoms. The molecule has 1 aromatic carbocycles. The Bertz CT molecular complexity index is 1110. The van der Waals surface area contributed by atoms with Crippen molar-refractivity contribution in [2.45, 2.75) is 69.5 Å². The Labute approximate surface area is 211 Å². The van der Waals surface area contributed by atoms with Gasteiger partial charge >= 0.3 is 0 Å². The number of benzene rings is 1. The van der Waals surface area contributed by atoms with Gasteiger partial charge in [0.05, 0.1) is 6.33 Å². The van der Waals surface area contributed by atoms with Crippen LogP contribution in [0.1, 0.15) is 67.8 Å². The topological polar surface area (TPSA) is 137 Å². The van der Waals surface area contributed by atoms with Crippen molar-refractivity contribution < 1.29 is 4.79 Å². The van der Waals surface area contributed by atoms with Crippen molar-refractivity contribution in [3.8, 4) is 0 Å². The molecule has 0 unspecified atom stereocenters. The molecule has 2 aliphatic carbocycles. The molecule has 6 N–H and O–H groups in total. The molecule has 2 fully saturated rings. The zero-order chi connectivity index (χ0) is 22.1. The zero-order valence-corrected chi connectivity index (χ0v) is 20.6. The summed E-state index contributed by atoms with van der Waals surface area (Å²) in [4.78, 5) is 25.7. The van der Waals surface area contributed by atoms with Crippen LogP contribution in [0, 0.1) is 0 Å². The lowest BCUT2D eigenvalue weighted by atomic mass is 9.92. The Kier molecular flexibility index (Phi) is 8.57. The summed E-state index contributed by atoms with van der Waals surface area (Å²) in [7, 11) is 0. The summed E-state index contributed by atoms with van der Waals surface area (Å²) in [5, 5.41) is 6.89. The Morgan fingerprint density at radius 3 is 2.29 bits per heavy atom. The number of imidazole rings is 1. The number of carbonyl (C=O) groups is 1. The van der Waals surface area contributed by atoms with E-state index in [0.717, 1.165) is 55.4 Å². The third-order valence-electron chi connectivity index (χ3n) is 6.68. The molecule has 0 atom stereocenters. The number of primary amides is 1. The van der Waals surface area contributed by atoms with Crippen LogP contribution in [0.5, 0.6) is 0 Å². The van der Waals surface area contributed by atoms with Gasteiger partial charge in [0, 0.05) is 29.4 Å². The molecule has 5 rings (SSSR count). The smallest absolute Gasteiger partial charge is 0.248 e. The summed E-state index contributed by atoms with van der Waals surface area (Å²) in [5.74, 6) is 0.803. The van der Waals surface area contributed by atoms with Crippen molar-refractivity contribution in [1.82, 2.24) is 19.5 Å². The molecule has 2 saturated carbocycles. The molecule has 0 radical (unpaired) electrons. The summed E-state index contributed by atoms with van der Waals surface area (Å²) < 4.78 is 2.20. The standard InChI is InChI=1S/C23H30N8O.2ClH/c24-15-7-11-17(12-8-15)28-23-29-21(27-16-9-5-14(6-10-16)20(25)32)19-22(30-23)31(13-26-19)18-3-1-2-4-18;;/h5-6,9-10,13,15,17-18H,1-4,7-8,11-12,24H2,(H2,25,32)(H2,27,28,29,30);2*1H/t15-,17-;;. The lowest BCUT2D eigenvalue weighted by molar-refractivity contribution is 0.100. The van der Waals surface area contributed by atoms with E-state index < -0.39 is 5.91 Å². The fraction of sp³-hybridized carbons (Fsp3) is 0.478. The predicted molar refractivity (Wildman–Crippen MR) is 139 cm³/mol.